The molecule has 3 heterocycles. The van der Waals surface area contributed by atoms with Crippen molar-refractivity contribution < 1.29 is 4.79 Å². The van der Waals surface area contributed by atoms with Crippen molar-refractivity contribution >= 4 is 33.5 Å². The van der Waals surface area contributed by atoms with Gasteiger partial charge in [-0.3, -0.25) is 9.59 Å². The standard InChI is InChI=1S/C23H24N6O2/c24-20-15-5-1-2-6-16(15)28-23(31)19(20)21-26-17-8-7-14(13-18(17)27-21)22(30)25-9-12-29-10-3-4-11-29/h1-2,5-8,13H,3-4,9-12H2,(H,25,30)(H,26,27)(H3,24,28,31). The number of aromatic nitrogens is 3. The number of para-hydroxylation sites is 1. The number of nitrogens with one attached hydrogen (secondary N) is 3. The lowest BCUT2D eigenvalue weighted by Crippen LogP contribution is -2.33. The van der Waals surface area contributed by atoms with Crippen LogP contribution in [0.1, 0.15) is 23.2 Å². The summed E-state index contributed by atoms with van der Waals surface area (Å²) in [7, 11) is 0. The Balaban J connectivity index is 1.41. The summed E-state index contributed by atoms with van der Waals surface area (Å²) in [6.45, 7) is 3.69. The predicted molar refractivity (Wildman–Crippen MR) is 122 cm³/mol. The second-order valence-corrected chi connectivity index (χ2v) is 7.91. The topological polar surface area (TPSA) is 120 Å². The van der Waals surface area contributed by atoms with E-state index in [4.69, 9.17) is 5.73 Å². The molecule has 158 valence electrons. The first-order valence-corrected chi connectivity index (χ1v) is 10.5. The van der Waals surface area contributed by atoms with E-state index >= 15 is 0 Å². The van der Waals surface area contributed by atoms with Crippen molar-refractivity contribution in [2.24, 2.45) is 0 Å². The molecule has 1 saturated heterocycles. The van der Waals surface area contributed by atoms with Crippen molar-refractivity contribution in [3.05, 3.63) is 58.4 Å². The van der Waals surface area contributed by atoms with E-state index in [2.05, 4.69) is 25.2 Å². The van der Waals surface area contributed by atoms with Gasteiger partial charge in [0.15, 0.2) is 0 Å². The molecular formula is C23H24N6O2. The molecule has 0 unspecified atom stereocenters. The summed E-state index contributed by atoms with van der Waals surface area (Å²) < 4.78 is 0. The van der Waals surface area contributed by atoms with Gasteiger partial charge in [0.05, 0.1) is 22.2 Å². The van der Waals surface area contributed by atoms with Crippen molar-refractivity contribution in [3.63, 3.8) is 0 Å². The largest absolute Gasteiger partial charge is 0.397 e. The lowest BCUT2D eigenvalue weighted by atomic mass is 10.1. The van der Waals surface area contributed by atoms with E-state index in [-0.39, 0.29) is 11.5 Å². The molecule has 5 N–H and O–H groups in total. The number of nitrogens with two attached hydrogens (primary N) is 1. The summed E-state index contributed by atoms with van der Waals surface area (Å²) in [4.78, 5) is 38.1. The number of nitrogen functional groups attached to an aromatic ring is 1. The first kappa shape index (κ1) is 19.3. The van der Waals surface area contributed by atoms with Gasteiger partial charge in [-0.05, 0) is 50.2 Å². The maximum absolute atomic E-state index is 12.7. The van der Waals surface area contributed by atoms with E-state index in [0.29, 0.717) is 40.2 Å². The van der Waals surface area contributed by atoms with Gasteiger partial charge in [0.2, 0.25) is 0 Å². The summed E-state index contributed by atoms with van der Waals surface area (Å²) in [5.74, 6) is 0.250. The third kappa shape index (κ3) is 3.66. The monoisotopic (exact) mass is 416 g/mol. The Kier molecular flexibility index (Phi) is 4.91. The molecule has 5 rings (SSSR count). The molecule has 4 aromatic rings. The number of rotatable bonds is 5. The van der Waals surface area contributed by atoms with Crippen LogP contribution in [0.3, 0.4) is 0 Å². The molecule has 0 bridgehead atoms. The molecule has 1 aliphatic rings. The van der Waals surface area contributed by atoms with Crippen LogP contribution in [0.15, 0.2) is 47.3 Å². The Bertz CT molecular complexity index is 1330. The van der Waals surface area contributed by atoms with Crippen LogP contribution < -0.4 is 16.6 Å². The van der Waals surface area contributed by atoms with Gasteiger partial charge in [-0.15, -0.1) is 0 Å². The molecule has 31 heavy (non-hydrogen) atoms. The molecule has 1 amide bonds. The van der Waals surface area contributed by atoms with Crippen molar-refractivity contribution in [1.29, 1.82) is 0 Å². The first-order valence-electron chi connectivity index (χ1n) is 10.5. The number of hydrogen-bond acceptors (Lipinski definition) is 5. The van der Waals surface area contributed by atoms with Gasteiger partial charge in [-0.2, -0.15) is 0 Å². The van der Waals surface area contributed by atoms with Crippen LogP contribution in [0.4, 0.5) is 5.69 Å². The smallest absolute Gasteiger partial charge is 0.261 e. The molecular weight excluding hydrogens is 392 g/mol. The fourth-order valence-corrected chi connectivity index (χ4v) is 4.21. The Morgan fingerprint density at radius 1 is 1.10 bits per heavy atom. The van der Waals surface area contributed by atoms with Gasteiger partial charge in [0, 0.05) is 24.0 Å². The zero-order chi connectivity index (χ0) is 21.4. The van der Waals surface area contributed by atoms with E-state index in [0.717, 1.165) is 30.5 Å². The lowest BCUT2D eigenvalue weighted by Gasteiger charge is -2.14. The lowest BCUT2D eigenvalue weighted by molar-refractivity contribution is 0.0950. The SMILES string of the molecule is Nc1c(-c2nc3cc(C(=O)NCCN4CCCC4)ccc3[nH]2)c(=O)[nH]c2ccccc12. The molecule has 1 aliphatic heterocycles. The van der Waals surface area contributed by atoms with Gasteiger partial charge in [0.1, 0.15) is 11.4 Å². The molecule has 0 atom stereocenters. The summed E-state index contributed by atoms with van der Waals surface area (Å²) in [5, 5.41) is 3.73. The van der Waals surface area contributed by atoms with Gasteiger partial charge in [-0.25, -0.2) is 4.98 Å². The number of hydrogen-bond donors (Lipinski definition) is 4. The minimum Gasteiger partial charge on any atom is -0.397 e. The highest BCUT2D eigenvalue weighted by Crippen LogP contribution is 2.28. The van der Waals surface area contributed by atoms with Crippen LogP contribution in [0.2, 0.25) is 0 Å². The quantitative estimate of drug-likeness (QED) is 0.398. The number of nitrogens with zero attached hydrogens (tertiary/aromatic N) is 2. The van der Waals surface area contributed by atoms with Crippen LogP contribution in [0, 0.1) is 0 Å². The van der Waals surface area contributed by atoms with E-state index in [1.165, 1.54) is 12.8 Å². The molecule has 2 aromatic carbocycles. The highest BCUT2D eigenvalue weighted by atomic mass is 16.1. The van der Waals surface area contributed by atoms with E-state index < -0.39 is 0 Å². The second kappa shape index (κ2) is 7.88. The van der Waals surface area contributed by atoms with Crippen LogP contribution >= 0.6 is 0 Å². The minimum absolute atomic E-state index is 0.131. The van der Waals surface area contributed by atoms with Crippen LogP contribution in [0.25, 0.3) is 33.3 Å². The number of carbonyl (C=O) groups is 1. The van der Waals surface area contributed by atoms with Gasteiger partial charge in [-0.1, -0.05) is 18.2 Å². The van der Waals surface area contributed by atoms with Crippen molar-refractivity contribution in [2.75, 3.05) is 31.9 Å². The number of pyridine rings is 1. The number of benzene rings is 2. The Labute approximate surface area is 178 Å². The molecule has 1 fully saturated rings. The van der Waals surface area contributed by atoms with Crippen molar-refractivity contribution in [2.45, 2.75) is 12.8 Å². The maximum Gasteiger partial charge on any atom is 0.261 e. The third-order valence-corrected chi connectivity index (χ3v) is 5.86. The van der Waals surface area contributed by atoms with E-state index in [1.54, 1.807) is 18.2 Å². The number of carbonyl (C=O) groups excluding carboxylic acids is 1. The van der Waals surface area contributed by atoms with E-state index in [1.807, 2.05) is 24.3 Å². The molecule has 8 nitrogen and oxygen atoms in total. The molecule has 0 spiro atoms. The molecule has 2 aromatic heterocycles. The maximum atomic E-state index is 12.7. The number of H-pyrrole nitrogens is 2. The summed E-state index contributed by atoms with van der Waals surface area (Å²) in [6, 6.07) is 12.7. The highest BCUT2D eigenvalue weighted by Gasteiger charge is 2.17. The minimum atomic E-state index is -0.310. The number of imidazole rings is 1. The summed E-state index contributed by atoms with van der Waals surface area (Å²) in [6.07, 6.45) is 2.47. The average molecular weight is 416 g/mol. The Morgan fingerprint density at radius 3 is 2.74 bits per heavy atom. The molecule has 8 heteroatoms. The van der Waals surface area contributed by atoms with Crippen molar-refractivity contribution in [3.8, 4) is 11.4 Å². The fourth-order valence-electron chi connectivity index (χ4n) is 4.21. The van der Waals surface area contributed by atoms with Crippen LogP contribution in [-0.4, -0.2) is 51.9 Å². The van der Waals surface area contributed by atoms with Crippen molar-refractivity contribution in [1.82, 2.24) is 25.2 Å². The highest BCUT2D eigenvalue weighted by molar-refractivity contribution is 5.99. The van der Waals surface area contributed by atoms with Gasteiger partial charge in [0.25, 0.3) is 11.5 Å². The normalized spacial score (nSPS) is 14.5. The Morgan fingerprint density at radius 2 is 1.90 bits per heavy atom. The van der Waals surface area contributed by atoms with Gasteiger partial charge < -0.3 is 25.9 Å². The number of amides is 1. The van der Waals surface area contributed by atoms with Crippen LogP contribution in [0.5, 0.6) is 0 Å². The Hall–Kier alpha value is -3.65. The van der Waals surface area contributed by atoms with E-state index in [9.17, 15) is 9.59 Å². The molecule has 0 radical (unpaired) electrons. The average Bonchev–Trinajstić information content (AvgIpc) is 3.43. The number of aromatic amines is 2. The molecule has 0 saturated carbocycles. The zero-order valence-electron chi connectivity index (χ0n) is 17.1. The van der Waals surface area contributed by atoms with Gasteiger partial charge >= 0.3 is 0 Å². The fraction of sp³-hybridized carbons (Fsp3) is 0.261. The second-order valence-electron chi connectivity index (χ2n) is 7.91. The third-order valence-electron chi connectivity index (χ3n) is 5.86. The number of fused-ring (bicyclic) bond motifs is 2. The zero-order valence-corrected chi connectivity index (χ0v) is 17.1. The summed E-state index contributed by atoms with van der Waals surface area (Å²) in [5.41, 5.74) is 9.22. The van der Waals surface area contributed by atoms with Crippen LogP contribution in [-0.2, 0) is 0 Å². The predicted octanol–water partition coefficient (Wildman–Crippen LogP) is 2.48. The molecule has 0 aliphatic carbocycles. The summed E-state index contributed by atoms with van der Waals surface area (Å²) >= 11 is 0. The number of likely N-dealkylation sites (tertiary alicyclic amines) is 1. The number of anilines is 1. The first-order chi connectivity index (χ1) is 15.1.